The molecule has 0 heterocycles. The summed E-state index contributed by atoms with van der Waals surface area (Å²) in [5.41, 5.74) is 0. The van der Waals surface area contributed by atoms with Gasteiger partial charge in [-0.15, -0.1) is 14.4 Å². The Morgan fingerprint density at radius 2 is 1.50 bits per heavy atom. The van der Waals surface area contributed by atoms with Crippen molar-refractivity contribution in [2.24, 2.45) is 11.8 Å². The summed E-state index contributed by atoms with van der Waals surface area (Å²) in [5, 5.41) is 0.432. The molecule has 0 spiro atoms. The first-order valence-electron chi connectivity index (χ1n) is 5.06. The van der Waals surface area contributed by atoms with Gasteiger partial charge in [0.1, 0.15) is 0 Å². The molecular formula is C11H25P2Y-. The molecule has 0 N–H and O–H groups in total. The molecule has 0 amide bonds. The molecule has 6 atom stereocenters. The molecule has 0 aromatic heterocycles. The van der Waals surface area contributed by atoms with Crippen LogP contribution in [0.3, 0.4) is 0 Å². The van der Waals surface area contributed by atoms with E-state index in [0.29, 0.717) is 17.0 Å². The molecule has 0 aliphatic carbocycles. The molecule has 0 aliphatic rings. The van der Waals surface area contributed by atoms with Crippen LogP contribution in [-0.4, -0.2) is 10.3 Å². The average molecular weight is 308 g/mol. The van der Waals surface area contributed by atoms with Crippen LogP contribution in [0.5, 0.6) is 0 Å². The van der Waals surface area contributed by atoms with Crippen molar-refractivity contribution in [1.82, 2.24) is 0 Å². The minimum Gasteiger partial charge on any atom is -0.333 e. The van der Waals surface area contributed by atoms with E-state index >= 15 is 0 Å². The Morgan fingerprint density at radius 1 is 1.14 bits per heavy atom. The number of rotatable bonds is 4. The van der Waals surface area contributed by atoms with E-state index in [1.807, 2.05) is 0 Å². The first-order valence-corrected chi connectivity index (χ1v) is 6.21. The second-order valence-electron chi connectivity index (χ2n) is 4.94. The molecule has 0 bridgehead atoms. The van der Waals surface area contributed by atoms with E-state index in [9.17, 15) is 0 Å². The molecule has 3 heteroatoms. The van der Waals surface area contributed by atoms with Crippen molar-refractivity contribution in [1.29, 1.82) is 0 Å². The third-order valence-corrected chi connectivity index (χ3v) is 5.05. The molecule has 0 aliphatic heterocycles. The van der Waals surface area contributed by atoms with Gasteiger partial charge < -0.3 is 6.92 Å². The van der Waals surface area contributed by atoms with Crippen LogP contribution in [0.1, 0.15) is 41.0 Å². The van der Waals surface area contributed by atoms with Crippen molar-refractivity contribution in [2.45, 2.75) is 51.4 Å². The Kier molecular flexibility index (Phi) is 8.69. The van der Waals surface area contributed by atoms with E-state index in [2.05, 4.69) is 60.0 Å². The molecule has 0 saturated carbocycles. The quantitative estimate of drug-likeness (QED) is 0.548. The maximum atomic E-state index is 4.19. The molecular weight excluding hydrogens is 283 g/mol. The third-order valence-electron chi connectivity index (χ3n) is 3.59. The van der Waals surface area contributed by atoms with Gasteiger partial charge in [-0.1, -0.05) is 40.5 Å². The van der Waals surface area contributed by atoms with Crippen molar-refractivity contribution in [3.8, 4) is 0 Å². The Hall–Kier alpha value is 1.96. The minimum absolute atomic E-state index is 0. The van der Waals surface area contributed by atoms with E-state index in [0.717, 1.165) is 0 Å². The second-order valence-corrected chi connectivity index (χ2v) is 7.58. The zero-order valence-electron chi connectivity index (χ0n) is 10.3. The predicted molar refractivity (Wildman–Crippen MR) is 70.2 cm³/mol. The van der Waals surface area contributed by atoms with Crippen molar-refractivity contribution >= 4 is 18.5 Å². The SMILES string of the molecule is [CH2-]C(C)(P)C(C)C(C)C(C)(P)CC.[Y]. The molecule has 0 rings (SSSR count). The van der Waals surface area contributed by atoms with Gasteiger partial charge >= 0.3 is 0 Å². The predicted octanol–water partition coefficient (Wildman–Crippen LogP) is 3.77. The summed E-state index contributed by atoms with van der Waals surface area (Å²) >= 11 is 0. The molecule has 0 nitrogen and oxygen atoms in total. The zero-order valence-corrected chi connectivity index (χ0v) is 15.4. The molecule has 0 saturated heterocycles. The van der Waals surface area contributed by atoms with Crippen LogP contribution in [0.4, 0.5) is 0 Å². The topological polar surface area (TPSA) is 0 Å². The van der Waals surface area contributed by atoms with Gasteiger partial charge in [0.25, 0.3) is 0 Å². The smallest absolute Gasteiger partial charge is 0 e. The van der Waals surface area contributed by atoms with Crippen LogP contribution in [-0.2, 0) is 32.7 Å². The van der Waals surface area contributed by atoms with Gasteiger partial charge in [0.05, 0.1) is 0 Å². The van der Waals surface area contributed by atoms with Crippen LogP contribution < -0.4 is 0 Å². The first-order chi connectivity index (χ1) is 5.63. The minimum atomic E-state index is 0. The molecule has 14 heavy (non-hydrogen) atoms. The first kappa shape index (κ1) is 18.3. The fourth-order valence-corrected chi connectivity index (χ4v) is 2.04. The summed E-state index contributed by atoms with van der Waals surface area (Å²) in [4.78, 5) is 0. The summed E-state index contributed by atoms with van der Waals surface area (Å²) in [7, 11) is 5.85. The maximum absolute atomic E-state index is 4.19. The van der Waals surface area contributed by atoms with Gasteiger partial charge in [0, 0.05) is 32.7 Å². The maximum Gasteiger partial charge on any atom is 0 e. The Balaban J connectivity index is 0. The van der Waals surface area contributed by atoms with E-state index in [1.54, 1.807) is 0 Å². The summed E-state index contributed by atoms with van der Waals surface area (Å²) in [6.07, 6.45) is 1.20. The fourth-order valence-electron chi connectivity index (χ4n) is 1.46. The fraction of sp³-hybridized carbons (Fsp3) is 0.909. The number of hydrogen-bond acceptors (Lipinski definition) is 0. The van der Waals surface area contributed by atoms with Crippen molar-refractivity contribution in [3.63, 3.8) is 0 Å². The van der Waals surface area contributed by atoms with E-state index < -0.39 is 0 Å². The van der Waals surface area contributed by atoms with Gasteiger partial charge in [-0.05, 0) is 17.5 Å². The standard InChI is InChI=1S/C11H25P2.Y/c1-7-11(6,13)9(3)8(2)10(4,5)12;/h8-9H,4,7,12-13H2,1-3,5-6H3;/q-1;. The van der Waals surface area contributed by atoms with Gasteiger partial charge in [0.15, 0.2) is 0 Å². The van der Waals surface area contributed by atoms with Gasteiger partial charge in [-0.25, -0.2) is 0 Å². The summed E-state index contributed by atoms with van der Waals surface area (Å²) in [5.74, 6) is 1.28. The molecule has 6 unspecified atom stereocenters. The summed E-state index contributed by atoms with van der Waals surface area (Å²) < 4.78 is 0. The number of hydrogen-bond donors (Lipinski definition) is 0. The van der Waals surface area contributed by atoms with Crippen molar-refractivity contribution in [2.75, 3.05) is 0 Å². The van der Waals surface area contributed by atoms with Gasteiger partial charge in [-0.3, -0.25) is 0 Å². The Bertz CT molecular complexity index is 161. The van der Waals surface area contributed by atoms with Crippen LogP contribution in [0.15, 0.2) is 0 Å². The Morgan fingerprint density at radius 3 is 1.71 bits per heavy atom. The average Bonchev–Trinajstić information content (AvgIpc) is 2.00. The molecule has 1 radical (unpaired) electrons. The van der Waals surface area contributed by atoms with E-state index in [-0.39, 0.29) is 37.9 Å². The zero-order chi connectivity index (χ0) is 10.9. The van der Waals surface area contributed by atoms with Gasteiger partial charge in [-0.2, -0.15) is 9.24 Å². The van der Waals surface area contributed by atoms with Crippen LogP contribution in [0.2, 0.25) is 0 Å². The largest absolute Gasteiger partial charge is 0.333 e. The Labute approximate surface area is 120 Å². The third kappa shape index (κ3) is 5.34. The van der Waals surface area contributed by atoms with Crippen LogP contribution >= 0.6 is 18.5 Å². The summed E-state index contributed by atoms with van der Waals surface area (Å²) in [6, 6.07) is 0. The molecule has 0 fully saturated rings. The van der Waals surface area contributed by atoms with Crippen molar-refractivity contribution < 1.29 is 32.7 Å². The normalized spacial score (nSPS) is 24.0. The second kappa shape index (κ2) is 6.64. The van der Waals surface area contributed by atoms with Crippen LogP contribution in [0.25, 0.3) is 0 Å². The van der Waals surface area contributed by atoms with E-state index in [1.165, 1.54) is 6.42 Å². The molecule has 0 aromatic carbocycles. The van der Waals surface area contributed by atoms with Gasteiger partial charge in [0.2, 0.25) is 0 Å². The summed E-state index contributed by atoms with van der Waals surface area (Å²) in [6.45, 7) is 15.6. The molecule has 83 valence electrons. The van der Waals surface area contributed by atoms with Crippen LogP contribution in [0, 0.1) is 18.8 Å². The van der Waals surface area contributed by atoms with E-state index in [4.69, 9.17) is 0 Å². The monoisotopic (exact) mass is 308 g/mol. The van der Waals surface area contributed by atoms with Crippen molar-refractivity contribution in [3.05, 3.63) is 6.92 Å². The molecule has 0 aromatic rings.